The van der Waals surface area contributed by atoms with Crippen LogP contribution in [0.3, 0.4) is 0 Å². The van der Waals surface area contributed by atoms with Crippen LogP contribution in [0.25, 0.3) is 0 Å². The lowest BCUT2D eigenvalue weighted by Gasteiger charge is -2.10. The van der Waals surface area contributed by atoms with Gasteiger partial charge in [-0.1, -0.05) is 23.8 Å². The molecule has 88 valence electrons. The molecule has 0 heterocycles. The quantitative estimate of drug-likeness (QED) is 0.847. The molecule has 1 aliphatic rings. The average Bonchev–Trinajstić information content (AvgIpc) is 2.33. The molecule has 0 bridgehead atoms. The maximum atomic E-state index is 11.9. The summed E-state index contributed by atoms with van der Waals surface area (Å²) in [6, 6.07) is 4.38. The lowest BCUT2D eigenvalue weighted by molar-refractivity contribution is 0.0964. The van der Waals surface area contributed by atoms with E-state index in [-0.39, 0.29) is 17.2 Å². The van der Waals surface area contributed by atoms with E-state index in [2.05, 4.69) is 5.32 Å². The van der Waals surface area contributed by atoms with Gasteiger partial charge in [-0.3, -0.25) is 4.79 Å². The van der Waals surface area contributed by atoms with Gasteiger partial charge in [0.2, 0.25) is 0 Å². The van der Waals surface area contributed by atoms with Crippen LogP contribution in [0.15, 0.2) is 42.1 Å². The summed E-state index contributed by atoms with van der Waals surface area (Å²) in [5, 5.41) is 12.7. The van der Waals surface area contributed by atoms with Gasteiger partial charge in [-0.15, -0.1) is 0 Å². The molecule has 0 aromatic heterocycles. The normalized spacial score (nSPS) is 14.3. The molecule has 0 aliphatic heterocycles. The van der Waals surface area contributed by atoms with Crippen LogP contribution in [0.1, 0.15) is 23.2 Å². The Morgan fingerprint density at radius 2 is 2.18 bits per heavy atom. The molecule has 0 saturated carbocycles. The fourth-order valence-electron chi connectivity index (χ4n) is 1.59. The van der Waals surface area contributed by atoms with Crippen molar-refractivity contribution in [2.75, 3.05) is 0 Å². The summed E-state index contributed by atoms with van der Waals surface area (Å²) in [5.41, 5.74) is 0.929. The number of phenols is 1. The number of halogens is 1. The minimum absolute atomic E-state index is 0.0766. The Hall–Kier alpha value is -1.74. The summed E-state index contributed by atoms with van der Waals surface area (Å²) in [6.07, 6.45) is 7.69. The number of carbonyl (C=O) groups is 1. The van der Waals surface area contributed by atoms with Crippen molar-refractivity contribution >= 4 is 17.5 Å². The molecular formula is C13H12ClNO2. The van der Waals surface area contributed by atoms with Crippen LogP contribution >= 0.6 is 11.6 Å². The average molecular weight is 250 g/mol. The number of rotatable bonds is 2. The smallest absolute Gasteiger partial charge is 0.259 e. The Bertz CT molecular complexity index is 506. The van der Waals surface area contributed by atoms with Crippen molar-refractivity contribution in [1.29, 1.82) is 0 Å². The highest BCUT2D eigenvalue weighted by Crippen LogP contribution is 2.21. The molecule has 0 fully saturated rings. The van der Waals surface area contributed by atoms with Gasteiger partial charge in [0.15, 0.2) is 0 Å². The number of allylic oxidation sites excluding steroid dienone is 3. The third kappa shape index (κ3) is 2.88. The fraction of sp³-hybridized carbons (Fsp3) is 0.154. The van der Waals surface area contributed by atoms with E-state index in [0.29, 0.717) is 5.02 Å². The third-order valence-corrected chi connectivity index (χ3v) is 2.69. The molecule has 1 aromatic rings. The van der Waals surface area contributed by atoms with Crippen molar-refractivity contribution in [3.8, 4) is 5.75 Å². The number of benzene rings is 1. The van der Waals surface area contributed by atoms with Crippen molar-refractivity contribution in [2.45, 2.75) is 12.8 Å². The zero-order valence-electron chi connectivity index (χ0n) is 9.11. The fourth-order valence-corrected chi connectivity index (χ4v) is 1.77. The number of amides is 1. The largest absolute Gasteiger partial charge is 0.507 e. The van der Waals surface area contributed by atoms with E-state index in [1.165, 1.54) is 18.2 Å². The molecule has 0 spiro atoms. The SMILES string of the molecule is O=C(NC1=CCCC=C1)c1cc(Cl)ccc1O. The molecule has 4 heteroatoms. The Labute approximate surface area is 104 Å². The van der Waals surface area contributed by atoms with Crippen LogP contribution in [-0.4, -0.2) is 11.0 Å². The highest BCUT2D eigenvalue weighted by molar-refractivity contribution is 6.31. The molecule has 0 atom stereocenters. The molecule has 1 aliphatic carbocycles. The second-order valence-electron chi connectivity index (χ2n) is 3.75. The first-order valence-corrected chi connectivity index (χ1v) is 5.71. The first-order valence-electron chi connectivity index (χ1n) is 5.33. The molecule has 2 N–H and O–H groups in total. The van der Waals surface area contributed by atoms with E-state index >= 15 is 0 Å². The van der Waals surface area contributed by atoms with E-state index in [1.54, 1.807) is 0 Å². The molecule has 1 amide bonds. The molecule has 17 heavy (non-hydrogen) atoms. The number of aromatic hydroxyl groups is 1. The summed E-state index contributed by atoms with van der Waals surface area (Å²) >= 11 is 5.78. The highest BCUT2D eigenvalue weighted by Gasteiger charge is 2.12. The van der Waals surface area contributed by atoms with Crippen LogP contribution in [0, 0.1) is 0 Å². The summed E-state index contributed by atoms with van der Waals surface area (Å²) in [5.74, 6) is -0.435. The summed E-state index contributed by atoms with van der Waals surface area (Å²) < 4.78 is 0. The number of hydrogen-bond donors (Lipinski definition) is 2. The molecule has 3 nitrogen and oxygen atoms in total. The second kappa shape index (κ2) is 5.06. The number of nitrogens with one attached hydrogen (secondary N) is 1. The lowest BCUT2D eigenvalue weighted by Crippen LogP contribution is -2.22. The van der Waals surface area contributed by atoms with Gasteiger partial charge in [-0.05, 0) is 37.1 Å². The first kappa shape index (κ1) is 11.7. The van der Waals surface area contributed by atoms with E-state index in [9.17, 15) is 9.90 Å². The predicted octanol–water partition coefficient (Wildman–Crippen LogP) is 3.01. The Balaban J connectivity index is 2.17. The number of hydrogen-bond acceptors (Lipinski definition) is 2. The highest BCUT2D eigenvalue weighted by atomic mass is 35.5. The van der Waals surface area contributed by atoms with Crippen LogP contribution in [0.5, 0.6) is 5.75 Å². The maximum absolute atomic E-state index is 11.9. The summed E-state index contributed by atoms with van der Waals surface area (Å²) in [4.78, 5) is 11.9. The van der Waals surface area contributed by atoms with Gasteiger partial charge in [-0.2, -0.15) is 0 Å². The minimum atomic E-state index is -0.359. The lowest BCUT2D eigenvalue weighted by atomic mass is 10.1. The standard InChI is InChI=1S/C13H12ClNO2/c14-9-6-7-12(16)11(8-9)13(17)15-10-4-2-1-3-5-10/h2,4-8,16H,1,3H2,(H,15,17). The molecule has 0 radical (unpaired) electrons. The Morgan fingerprint density at radius 1 is 1.35 bits per heavy atom. The summed E-state index contributed by atoms with van der Waals surface area (Å²) in [7, 11) is 0. The van der Waals surface area contributed by atoms with Gasteiger partial charge in [-0.25, -0.2) is 0 Å². The van der Waals surface area contributed by atoms with E-state index in [1.807, 2.05) is 18.2 Å². The van der Waals surface area contributed by atoms with Gasteiger partial charge in [0, 0.05) is 10.7 Å². The Morgan fingerprint density at radius 3 is 2.88 bits per heavy atom. The summed E-state index contributed by atoms with van der Waals surface area (Å²) in [6.45, 7) is 0. The zero-order valence-corrected chi connectivity index (χ0v) is 9.87. The van der Waals surface area contributed by atoms with Crippen LogP contribution in [-0.2, 0) is 0 Å². The molecule has 0 unspecified atom stereocenters. The molecular weight excluding hydrogens is 238 g/mol. The number of phenolic OH excluding ortho intramolecular Hbond substituents is 1. The van der Waals surface area contributed by atoms with Crippen molar-refractivity contribution in [3.63, 3.8) is 0 Å². The minimum Gasteiger partial charge on any atom is -0.507 e. The van der Waals surface area contributed by atoms with E-state index in [4.69, 9.17) is 11.6 Å². The van der Waals surface area contributed by atoms with Gasteiger partial charge < -0.3 is 10.4 Å². The van der Waals surface area contributed by atoms with Crippen LogP contribution in [0.2, 0.25) is 5.02 Å². The number of carbonyl (C=O) groups excluding carboxylic acids is 1. The maximum Gasteiger partial charge on any atom is 0.259 e. The van der Waals surface area contributed by atoms with Gasteiger partial charge in [0.25, 0.3) is 5.91 Å². The van der Waals surface area contributed by atoms with E-state index < -0.39 is 0 Å². The van der Waals surface area contributed by atoms with Crippen LogP contribution < -0.4 is 5.32 Å². The van der Waals surface area contributed by atoms with Crippen LogP contribution in [0.4, 0.5) is 0 Å². The monoisotopic (exact) mass is 249 g/mol. The molecule has 0 saturated heterocycles. The van der Waals surface area contributed by atoms with Gasteiger partial charge >= 0.3 is 0 Å². The predicted molar refractivity (Wildman–Crippen MR) is 67.0 cm³/mol. The zero-order chi connectivity index (χ0) is 12.3. The van der Waals surface area contributed by atoms with Gasteiger partial charge in [0.1, 0.15) is 5.75 Å². The Kier molecular flexibility index (Phi) is 3.49. The molecule has 1 aromatic carbocycles. The van der Waals surface area contributed by atoms with Crippen molar-refractivity contribution in [1.82, 2.24) is 5.32 Å². The van der Waals surface area contributed by atoms with Crippen molar-refractivity contribution in [2.24, 2.45) is 0 Å². The van der Waals surface area contributed by atoms with E-state index in [0.717, 1.165) is 18.5 Å². The molecule has 2 rings (SSSR count). The topological polar surface area (TPSA) is 49.3 Å². The third-order valence-electron chi connectivity index (χ3n) is 2.46. The van der Waals surface area contributed by atoms with Crippen molar-refractivity contribution < 1.29 is 9.90 Å². The second-order valence-corrected chi connectivity index (χ2v) is 4.19. The van der Waals surface area contributed by atoms with Gasteiger partial charge in [0.05, 0.1) is 5.56 Å². The van der Waals surface area contributed by atoms with Crippen molar-refractivity contribution in [3.05, 3.63) is 52.7 Å². The first-order chi connectivity index (χ1) is 8.16.